The van der Waals surface area contributed by atoms with Crippen molar-refractivity contribution in [2.75, 3.05) is 5.32 Å². The number of aromatic nitrogens is 1. The van der Waals surface area contributed by atoms with Crippen LogP contribution in [0.15, 0.2) is 35.1 Å². The number of carbonyl (C=O) groups excluding carboxylic acids is 1. The summed E-state index contributed by atoms with van der Waals surface area (Å²) in [5, 5.41) is 2.89. The van der Waals surface area contributed by atoms with Crippen LogP contribution < -0.4 is 16.6 Å². The van der Waals surface area contributed by atoms with Crippen LogP contribution in [0.25, 0.3) is 0 Å². The SMILES string of the molecule is Cn1c(F)c(C(N)=O)c(I)c(Nc2ccccc2)c1=O. The number of primary amides is 1. The molecule has 5 nitrogen and oxygen atoms in total. The quantitative estimate of drug-likeness (QED) is 0.625. The molecule has 1 aromatic carbocycles. The molecule has 104 valence electrons. The molecule has 0 aliphatic rings. The Morgan fingerprint density at radius 2 is 1.95 bits per heavy atom. The Kier molecular flexibility index (Phi) is 4.07. The summed E-state index contributed by atoms with van der Waals surface area (Å²) in [6, 6.07) is 8.91. The van der Waals surface area contributed by atoms with Crippen molar-refractivity contribution in [1.82, 2.24) is 4.57 Å². The number of benzene rings is 1. The van der Waals surface area contributed by atoms with Crippen LogP contribution in [-0.2, 0) is 7.05 Å². The van der Waals surface area contributed by atoms with E-state index >= 15 is 0 Å². The zero-order chi connectivity index (χ0) is 14.9. The van der Waals surface area contributed by atoms with Crippen LogP contribution in [0.4, 0.5) is 15.8 Å². The first-order valence-electron chi connectivity index (χ1n) is 5.63. The molecular weight excluding hydrogens is 376 g/mol. The van der Waals surface area contributed by atoms with E-state index in [0.29, 0.717) is 5.69 Å². The van der Waals surface area contributed by atoms with E-state index in [9.17, 15) is 14.0 Å². The van der Waals surface area contributed by atoms with Gasteiger partial charge in [0.05, 0.1) is 3.57 Å². The van der Waals surface area contributed by atoms with Gasteiger partial charge in [-0.25, -0.2) is 0 Å². The number of hydrogen-bond acceptors (Lipinski definition) is 3. The number of pyridine rings is 1. The molecule has 1 heterocycles. The Morgan fingerprint density at radius 1 is 1.35 bits per heavy atom. The van der Waals surface area contributed by atoms with Gasteiger partial charge in [0.25, 0.3) is 11.5 Å². The molecule has 0 aliphatic heterocycles. The van der Waals surface area contributed by atoms with Crippen molar-refractivity contribution in [2.45, 2.75) is 0 Å². The molecule has 0 atom stereocenters. The van der Waals surface area contributed by atoms with Gasteiger partial charge in [-0.2, -0.15) is 4.39 Å². The standard InChI is InChI=1S/C13H11FIN3O2/c1-18-11(14)8(12(16)19)9(15)10(13(18)20)17-7-5-3-2-4-6-7/h2-6,17H,1H3,(H2,16,19). The second-order valence-electron chi connectivity index (χ2n) is 4.07. The Bertz CT molecular complexity index is 729. The third-order valence-corrected chi connectivity index (χ3v) is 3.83. The molecule has 2 rings (SSSR count). The maximum absolute atomic E-state index is 13.9. The van der Waals surface area contributed by atoms with Crippen LogP contribution in [0.2, 0.25) is 0 Å². The minimum atomic E-state index is -0.939. The second-order valence-corrected chi connectivity index (χ2v) is 5.15. The summed E-state index contributed by atoms with van der Waals surface area (Å²) in [4.78, 5) is 23.4. The minimum absolute atomic E-state index is 0.120. The lowest BCUT2D eigenvalue weighted by atomic mass is 10.2. The largest absolute Gasteiger partial charge is 0.365 e. The molecule has 0 saturated heterocycles. The van der Waals surface area contributed by atoms with Gasteiger partial charge in [0, 0.05) is 12.7 Å². The molecule has 2 aromatic rings. The summed E-state index contributed by atoms with van der Waals surface area (Å²) in [5.41, 5.74) is 5.08. The molecule has 0 spiro atoms. The number of carbonyl (C=O) groups is 1. The molecule has 0 saturated carbocycles. The average Bonchev–Trinajstić information content (AvgIpc) is 2.42. The molecule has 0 radical (unpaired) electrons. The summed E-state index contributed by atoms with van der Waals surface area (Å²) in [6.07, 6.45) is 0. The lowest BCUT2D eigenvalue weighted by Gasteiger charge is -2.13. The van der Waals surface area contributed by atoms with Crippen molar-refractivity contribution in [3.05, 3.63) is 55.8 Å². The van der Waals surface area contributed by atoms with Crippen LogP contribution in [0.3, 0.4) is 0 Å². The number of hydrogen-bond donors (Lipinski definition) is 2. The Balaban J connectivity index is 2.65. The topological polar surface area (TPSA) is 77.1 Å². The van der Waals surface area contributed by atoms with Crippen molar-refractivity contribution in [2.24, 2.45) is 12.8 Å². The first-order chi connectivity index (χ1) is 9.43. The molecule has 0 aliphatic carbocycles. The van der Waals surface area contributed by atoms with Crippen LogP contribution in [-0.4, -0.2) is 10.5 Å². The predicted octanol–water partition coefficient (Wildman–Crippen LogP) is 1.97. The lowest BCUT2D eigenvalue weighted by molar-refractivity contribution is 0.0993. The molecule has 1 amide bonds. The van der Waals surface area contributed by atoms with Crippen molar-refractivity contribution in [1.29, 1.82) is 0 Å². The molecule has 0 unspecified atom stereocenters. The van der Waals surface area contributed by atoms with Crippen LogP contribution in [0.5, 0.6) is 0 Å². The van der Waals surface area contributed by atoms with E-state index in [-0.39, 0.29) is 14.8 Å². The van der Waals surface area contributed by atoms with E-state index in [1.807, 2.05) is 6.07 Å². The van der Waals surface area contributed by atoms with E-state index in [2.05, 4.69) is 5.32 Å². The summed E-state index contributed by atoms with van der Waals surface area (Å²) in [6.45, 7) is 0. The molecular formula is C13H11FIN3O2. The average molecular weight is 387 g/mol. The molecule has 1 aromatic heterocycles. The maximum Gasteiger partial charge on any atom is 0.277 e. The van der Waals surface area contributed by atoms with Crippen LogP contribution >= 0.6 is 22.6 Å². The minimum Gasteiger partial charge on any atom is -0.365 e. The van der Waals surface area contributed by atoms with Gasteiger partial charge in [0.15, 0.2) is 0 Å². The van der Waals surface area contributed by atoms with Gasteiger partial charge in [-0.05, 0) is 34.7 Å². The van der Waals surface area contributed by atoms with Gasteiger partial charge < -0.3 is 11.1 Å². The Hall–Kier alpha value is -1.90. The van der Waals surface area contributed by atoms with Crippen molar-refractivity contribution in [3.8, 4) is 0 Å². The highest BCUT2D eigenvalue weighted by molar-refractivity contribution is 14.1. The van der Waals surface area contributed by atoms with Gasteiger partial charge in [-0.3, -0.25) is 14.2 Å². The summed E-state index contributed by atoms with van der Waals surface area (Å²) >= 11 is 1.73. The number of rotatable bonds is 3. The van der Waals surface area contributed by atoms with Gasteiger partial charge in [-0.1, -0.05) is 18.2 Å². The first kappa shape index (κ1) is 14.5. The first-order valence-corrected chi connectivity index (χ1v) is 6.71. The highest BCUT2D eigenvalue weighted by atomic mass is 127. The summed E-state index contributed by atoms with van der Waals surface area (Å²) < 4.78 is 14.8. The molecule has 20 heavy (non-hydrogen) atoms. The normalized spacial score (nSPS) is 10.3. The number of anilines is 2. The van der Waals surface area contributed by atoms with Crippen molar-refractivity contribution in [3.63, 3.8) is 0 Å². The Labute approximate surface area is 127 Å². The third-order valence-electron chi connectivity index (χ3n) is 2.75. The number of halogens is 2. The van der Waals surface area contributed by atoms with Crippen molar-refractivity contribution < 1.29 is 9.18 Å². The fourth-order valence-electron chi connectivity index (χ4n) is 1.72. The number of nitrogens with two attached hydrogens (primary N) is 1. The van der Waals surface area contributed by atoms with E-state index in [1.165, 1.54) is 7.05 Å². The number of amides is 1. The fourth-order valence-corrected chi connectivity index (χ4v) is 2.57. The second kappa shape index (κ2) is 5.61. The fraction of sp³-hybridized carbons (Fsp3) is 0.0769. The number of nitrogens with zero attached hydrogens (tertiary/aromatic N) is 1. The number of nitrogens with one attached hydrogen (secondary N) is 1. The van der Waals surface area contributed by atoms with E-state index < -0.39 is 17.4 Å². The van der Waals surface area contributed by atoms with Gasteiger partial charge >= 0.3 is 0 Å². The smallest absolute Gasteiger partial charge is 0.277 e. The van der Waals surface area contributed by atoms with Gasteiger partial charge in [0.2, 0.25) is 5.95 Å². The predicted molar refractivity (Wildman–Crippen MR) is 82.6 cm³/mol. The van der Waals surface area contributed by atoms with Crippen LogP contribution in [0, 0.1) is 9.52 Å². The van der Waals surface area contributed by atoms with E-state index in [1.54, 1.807) is 46.9 Å². The number of para-hydroxylation sites is 1. The highest BCUT2D eigenvalue weighted by Crippen LogP contribution is 2.23. The van der Waals surface area contributed by atoms with E-state index in [0.717, 1.165) is 4.57 Å². The highest BCUT2D eigenvalue weighted by Gasteiger charge is 2.22. The third kappa shape index (κ3) is 2.53. The van der Waals surface area contributed by atoms with Crippen LogP contribution in [0.1, 0.15) is 10.4 Å². The zero-order valence-electron chi connectivity index (χ0n) is 10.5. The molecule has 7 heteroatoms. The summed E-state index contributed by atoms with van der Waals surface area (Å²) in [5.74, 6) is -1.86. The van der Waals surface area contributed by atoms with Crippen molar-refractivity contribution >= 4 is 39.9 Å². The van der Waals surface area contributed by atoms with Gasteiger partial charge in [-0.15, -0.1) is 0 Å². The molecule has 0 bridgehead atoms. The monoisotopic (exact) mass is 387 g/mol. The zero-order valence-corrected chi connectivity index (χ0v) is 12.6. The molecule has 0 fully saturated rings. The molecule has 3 N–H and O–H groups in total. The summed E-state index contributed by atoms with van der Waals surface area (Å²) in [7, 11) is 1.25. The maximum atomic E-state index is 13.9. The Morgan fingerprint density at radius 3 is 2.50 bits per heavy atom. The van der Waals surface area contributed by atoms with Gasteiger partial charge in [0.1, 0.15) is 11.3 Å². The van der Waals surface area contributed by atoms with E-state index in [4.69, 9.17) is 5.73 Å². The lowest BCUT2D eigenvalue weighted by Crippen LogP contribution is -2.29.